The number of esters is 1. The first-order valence-corrected chi connectivity index (χ1v) is 7.03. The topological polar surface area (TPSA) is 83.0 Å². The molecule has 8 heteroatoms. The number of nitrogens with zero attached hydrogens (tertiary/aromatic N) is 4. The molecular formula is C12H16N4O3S. The van der Waals surface area contributed by atoms with Gasteiger partial charge in [-0.15, -0.1) is 5.10 Å². The average molecular weight is 296 g/mol. The van der Waals surface area contributed by atoms with Gasteiger partial charge >= 0.3 is 5.97 Å². The Morgan fingerprint density at radius 3 is 2.80 bits per heavy atom. The summed E-state index contributed by atoms with van der Waals surface area (Å²) in [6.07, 6.45) is 0. The fourth-order valence-electron chi connectivity index (χ4n) is 1.58. The Hall–Kier alpha value is -1.83. The van der Waals surface area contributed by atoms with E-state index in [9.17, 15) is 4.79 Å². The minimum Gasteiger partial charge on any atom is -0.463 e. The number of hydrogen-bond acceptors (Lipinski definition) is 7. The van der Waals surface area contributed by atoms with Crippen LogP contribution in [0.3, 0.4) is 0 Å². The minimum atomic E-state index is -0.486. The molecule has 2 rings (SSSR count). The lowest BCUT2D eigenvalue weighted by molar-refractivity contribution is 0.0563. The van der Waals surface area contributed by atoms with Crippen LogP contribution in [0.2, 0.25) is 0 Å². The molecular weight excluding hydrogens is 280 g/mol. The van der Waals surface area contributed by atoms with Crippen molar-refractivity contribution in [1.82, 2.24) is 20.2 Å². The quantitative estimate of drug-likeness (QED) is 0.619. The van der Waals surface area contributed by atoms with Crippen molar-refractivity contribution in [3.63, 3.8) is 0 Å². The van der Waals surface area contributed by atoms with E-state index >= 15 is 0 Å². The molecule has 1 unspecified atom stereocenters. The second-order valence-corrected chi connectivity index (χ2v) is 5.76. The van der Waals surface area contributed by atoms with Gasteiger partial charge in [0.05, 0.1) is 18.4 Å². The summed E-state index contributed by atoms with van der Waals surface area (Å²) in [4.78, 5) is 11.4. The van der Waals surface area contributed by atoms with Crippen LogP contribution >= 0.6 is 11.8 Å². The van der Waals surface area contributed by atoms with E-state index in [1.54, 1.807) is 16.8 Å². The van der Waals surface area contributed by atoms with Crippen LogP contribution in [0.1, 0.15) is 48.4 Å². The number of rotatable bonds is 5. The van der Waals surface area contributed by atoms with E-state index in [2.05, 4.69) is 20.3 Å². The van der Waals surface area contributed by atoms with Gasteiger partial charge in [0.2, 0.25) is 10.9 Å². The number of methoxy groups -OCH3 is 1. The molecule has 0 aliphatic rings. The highest BCUT2D eigenvalue weighted by molar-refractivity contribution is 7.99. The van der Waals surface area contributed by atoms with Crippen molar-refractivity contribution >= 4 is 17.7 Å². The van der Waals surface area contributed by atoms with E-state index < -0.39 is 5.97 Å². The molecule has 2 heterocycles. The maximum atomic E-state index is 11.4. The number of carbonyl (C=O) groups is 1. The summed E-state index contributed by atoms with van der Waals surface area (Å²) in [5.41, 5.74) is 0. The zero-order chi connectivity index (χ0) is 14.7. The molecule has 0 aliphatic carbocycles. The summed E-state index contributed by atoms with van der Waals surface area (Å²) >= 11 is 1.47. The third-order valence-corrected chi connectivity index (χ3v) is 3.71. The van der Waals surface area contributed by atoms with Gasteiger partial charge in [-0.25, -0.2) is 9.48 Å². The molecule has 20 heavy (non-hydrogen) atoms. The number of tetrazole rings is 1. The average Bonchev–Trinajstić information content (AvgIpc) is 3.06. The van der Waals surface area contributed by atoms with Crippen molar-refractivity contribution < 1.29 is 13.9 Å². The molecule has 0 aliphatic heterocycles. The smallest absolute Gasteiger partial charge is 0.373 e. The van der Waals surface area contributed by atoms with E-state index in [1.165, 1.54) is 18.9 Å². The first-order valence-electron chi connectivity index (χ1n) is 6.15. The summed E-state index contributed by atoms with van der Waals surface area (Å²) in [5, 5.41) is 12.3. The van der Waals surface area contributed by atoms with Crippen LogP contribution in [0.25, 0.3) is 0 Å². The van der Waals surface area contributed by atoms with Crippen molar-refractivity contribution in [1.29, 1.82) is 0 Å². The Bertz CT molecular complexity index is 593. The molecule has 0 fully saturated rings. The lowest BCUT2D eigenvalue weighted by atomic mass is 10.3. The third-order valence-electron chi connectivity index (χ3n) is 2.65. The predicted molar refractivity (Wildman–Crippen MR) is 72.5 cm³/mol. The third kappa shape index (κ3) is 3.01. The molecule has 0 aromatic carbocycles. The van der Waals surface area contributed by atoms with Crippen molar-refractivity contribution in [2.75, 3.05) is 7.11 Å². The summed E-state index contributed by atoms with van der Waals surface area (Å²) in [5.74, 6) is 0.382. The van der Waals surface area contributed by atoms with Gasteiger partial charge in [0.1, 0.15) is 5.76 Å². The number of carbonyl (C=O) groups excluding carboxylic acids is 1. The Kier molecular flexibility index (Phi) is 4.43. The largest absolute Gasteiger partial charge is 0.463 e. The van der Waals surface area contributed by atoms with E-state index in [0.29, 0.717) is 10.9 Å². The highest BCUT2D eigenvalue weighted by atomic mass is 32.2. The lowest BCUT2D eigenvalue weighted by Crippen LogP contribution is -2.05. The fraction of sp³-hybridized carbons (Fsp3) is 0.500. The summed E-state index contributed by atoms with van der Waals surface area (Å²) in [6, 6.07) is 3.54. The SMILES string of the molecule is COC(=O)c1ccc(C(C)Sc2nnnn2C(C)C)o1. The van der Waals surface area contributed by atoms with Crippen molar-refractivity contribution in [2.24, 2.45) is 0 Å². The van der Waals surface area contributed by atoms with E-state index in [1.807, 2.05) is 20.8 Å². The first kappa shape index (κ1) is 14.6. The maximum Gasteiger partial charge on any atom is 0.373 e. The van der Waals surface area contributed by atoms with E-state index in [-0.39, 0.29) is 17.1 Å². The van der Waals surface area contributed by atoms with Crippen LogP contribution in [0.4, 0.5) is 0 Å². The molecule has 0 saturated carbocycles. The Morgan fingerprint density at radius 2 is 2.15 bits per heavy atom. The van der Waals surface area contributed by atoms with Gasteiger partial charge in [-0.05, 0) is 43.3 Å². The molecule has 0 spiro atoms. The van der Waals surface area contributed by atoms with Gasteiger partial charge in [-0.3, -0.25) is 0 Å². The molecule has 108 valence electrons. The summed E-state index contributed by atoms with van der Waals surface area (Å²) in [7, 11) is 1.32. The lowest BCUT2D eigenvalue weighted by Gasteiger charge is -2.10. The van der Waals surface area contributed by atoms with Crippen molar-refractivity contribution in [3.05, 3.63) is 23.7 Å². The predicted octanol–water partition coefficient (Wildman–Crippen LogP) is 2.49. The van der Waals surface area contributed by atoms with Crippen molar-refractivity contribution in [3.8, 4) is 0 Å². The van der Waals surface area contributed by atoms with Gasteiger partial charge in [-0.1, -0.05) is 11.8 Å². The second kappa shape index (κ2) is 6.08. The van der Waals surface area contributed by atoms with Gasteiger partial charge in [0.25, 0.3) is 0 Å². The maximum absolute atomic E-state index is 11.4. The fourth-order valence-corrected chi connectivity index (χ4v) is 2.58. The van der Waals surface area contributed by atoms with Crippen LogP contribution in [-0.2, 0) is 4.74 Å². The van der Waals surface area contributed by atoms with Crippen LogP contribution in [-0.4, -0.2) is 33.3 Å². The number of furan rings is 1. The zero-order valence-electron chi connectivity index (χ0n) is 11.7. The second-order valence-electron chi connectivity index (χ2n) is 4.45. The van der Waals surface area contributed by atoms with Crippen LogP contribution in [0, 0.1) is 0 Å². The minimum absolute atomic E-state index is 0.0168. The molecule has 2 aromatic heterocycles. The monoisotopic (exact) mass is 296 g/mol. The van der Waals surface area contributed by atoms with Crippen LogP contribution in [0.5, 0.6) is 0 Å². The number of ether oxygens (including phenoxy) is 1. The number of aromatic nitrogens is 4. The first-order chi connectivity index (χ1) is 9.52. The van der Waals surface area contributed by atoms with Crippen LogP contribution in [0.15, 0.2) is 21.7 Å². The highest BCUT2D eigenvalue weighted by Gasteiger charge is 2.19. The molecule has 7 nitrogen and oxygen atoms in total. The van der Waals surface area contributed by atoms with Gasteiger partial charge in [-0.2, -0.15) is 0 Å². The molecule has 0 saturated heterocycles. The molecule has 0 radical (unpaired) electrons. The van der Waals surface area contributed by atoms with Gasteiger partial charge in [0, 0.05) is 0 Å². The summed E-state index contributed by atoms with van der Waals surface area (Å²) in [6.45, 7) is 5.98. The summed E-state index contributed by atoms with van der Waals surface area (Å²) < 4.78 is 11.8. The molecule has 0 bridgehead atoms. The van der Waals surface area contributed by atoms with Crippen molar-refractivity contribution in [2.45, 2.75) is 37.2 Å². The standard InChI is InChI=1S/C12H16N4O3S/c1-7(2)16-12(13-14-15-16)20-8(3)9-5-6-10(19-9)11(17)18-4/h5-8H,1-4H3. The molecule has 2 aromatic rings. The highest BCUT2D eigenvalue weighted by Crippen LogP contribution is 2.34. The van der Waals surface area contributed by atoms with Gasteiger partial charge < -0.3 is 9.15 Å². The van der Waals surface area contributed by atoms with E-state index in [0.717, 1.165) is 0 Å². The molecule has 0 amide bonds. The zero-order valence-corrected chi connectivity index (χ0v) is 12.5. The number of thioether (sulfide) groups is 1. The molecule has 1 atom stereocenters. The Morgan fingerprint density at radius 1 is 1.40 bits per heavy atom. The number of hydrogen-bond donors (Lipinski definition) is 0. The normalized spacial score (nSPS) is 12.7. The van der Waals surface area contributed by atoms with E-state index in [4.69, 9.17) is 4.42 Å². The van der Waals surface area contributed by atoms with Crippen LogP contribution < -0.4 is 0 Å². The Labute approximate surface area is 120 Å². The molecule has 0 N–H and O–H groups in total. The Balaban J connectivity index is 2.12. The van der Waals surface area contributed by atoms with Gasteiger partial charge in [0.15, 0.2) is 0 Å².